The van der Waals surface area contributed by atoms with Crippen molar-refractivity contribution in [2.45, 2.75) is 32.1 Å². The summed E-state index contributed by atoms with van der Waals surface area (Å²) < 4.78 is 0. The highest BCUT2D eigenvalue weighted by Gasteiger charge is 2.22. The molecule has 14 heavy (non-hydrogen) atoms. The van der Waals surface area contributed by atoms with E-state index in [1.54, 1.807) is 17.1 Å². The van der Waals surface area contributed by atoms with Gasteiger partial charge in [-0.3, -0.25) is 0 Å². The molecule has 0 aromatic rings. The minimum atomic E-state index is -0.178. The molecule has 1 heterocycles. The molecular weight excluding hydrogens is 188 g/mol. The van der Waals surface area contributed by atoms with Crippen LogP contribution in [-0.2, 0) is 0 Å². The molecule has 0 unspecified atom stereocenters. The van der Waals surface area contributed by atoms with Crippen LogP contribution in [-0.4, -0.2) is 23.5 Å². The Labute approximate surface area is 89.8 Å². The lowest BCUT2D eigenvalue weighted by atomic mass is 10.1. The summed E-state index contributed by atoms with van der Waals surface area (Å²) in [4.78, 5) is 0. The van der Waals surface area contributed by atoms with Crippen molar-refractivity contribution < 1.29 is 0 Å². The van der Waals surface area contributed by atoms with Crippen LogP contribution in [0.1, 0.15) is 32.1 Å². The molecule has 0 atom stereocenters. The van der Waals surface area contributed by atoms with Gasteiger partial charge >= 0.3 is 0 Å². The van der Waals surface area contributed by atoms with E-state index < -0.39 is 0 Å². The molecule has 1 aliphatic heterocycles. The fraction of sp³-hybridized carbons (Fsp3) is 0.692. The highest BCUT2D eigenvalue weighted by molar-refractivity contribution is 8.33. The minimum absolute atomic E-state index is 0.178. The molecule has 0 N–H and O–H groups in total. The average Bonchev–Trinajstić information content (AvgIpc) is 2.65. The van der Waals surface area contributed by atoms with E-state index >= 15 is 0 Å². The molecule has 80 valence electrons. The third-order valence-electron chi connectivity index (χ3n) is 3.48. The summed E-state index contributed by atoms with van der Waals surface area (Å²) in [5, 5.41) is 0. The van der Waals surface area contributed by atoms with E-state index in [1.807, 2.05) is 0 Å². The second-order valence-electron chi connectivity index (χ2n) is 4.81. The van der Waals surface area contributed by atoms with E-state index in [-0.39, 0.29) is 10.0 Å². The van der Waals surface area contributed by atoms with E-state index in [0.717, 1.165) is 0 Å². The predicted molar refractivity (Wildman–Crippen MR) is 68.4 cm³/mol. The Morgan fingerprint density at radius 1 is 1.21 bits per heavy atom. The van der Waals surface area contributed by atoms with Crippen molar-refractivity contribution in [2.24, 2.45) is 0 Å². The van der Waals surface area contributed by atoms with Crippen LogP contribution in [0.3, 0.4) is 0 Å². The highest BCUT2D eigenvalue weighted by Crippen LogP contribution is 2.51. The quantitative estimate of drug-likeness (QED) is 0.663. The molecule has 1 saturated heterocycles. The van der Waals surface area contributed by atoms with Gasteiger partial charge in [-0.25, -0.2) is 10.0 Å². The molecule has 0 saturated carbocycles. The van der Waals surface area contributed by atoms with Crippen LogP contribution in [0.2, 0.25) is 0 Å². The minimum Gasteiger partial charge on any atom is -0.243 e. The zero-order valence-electron chi connectivity index (χ0n) is 9.30. The molecule has 2 aliphatic rings. The normalized spacial score (nSPS) is 27.4. The number of hydrogen-bond acceptors (Lipinski definition) is 0. The summed E-state index contributed by atoms with van der Waals surface area (Å²) in [6.45, 7) is 0. The van der Waals surface area contributed by atoms with Crippen LogP contribution in [0.15, 0.2) is 23.8 Å². The first-order valence-electron chi connectivity index (χ1n) is 5.86. The van der Waals surface area contributed by atoms with Crippen molar-refractivity contribution in [3.05, 3.63) is 23.8 Å². The summed E-state index contributed by atoms with van der Waals surface area (Å²) in [7, 11) is -0.178. The van der Waals surface area contributed by atoms with Crippen molar-refractivity contribution >= 4 is 10.0 Å². The first-order valence-corrected chi connectivity index (χ1v) is 8.40. The third-order valence-corrected chi connectivity index (χ3v) is 7.22. The summed E-state index contributed by atoms with van der Waals surface area (Å²) in [6, 6.07) is 0. The maximum absolute atomic E-state index is 2.56. The van der Waals surface area contributed by atoms with Crippen LogP contribution >= 0.6 is 10.0 Å². The summed E-state index contributed by atoms with van der Waals surface area (Å²) >= 11 is 0. The molecule has 0 aromatic carbocycles. The van der Waals surface area contributed by atoms with Gasteiger partial charge in [-0.2, -0.15) is 0 Å². The highest BCUT2D eigenvalue weighted by atomic mass is 32.3. The molecule has 0 aromatic heterocycles. The van der Waals surface area contributed by atoms with Crippen LogP contribution in [0.5, 0.6) is 0 Å². The maximum atomic E-state index is 2.56. The average molecular weight is 210 g/mol. The van der Waals surface area contributed by atoms with Crippen molar-refractivity contribution in [3.63, 3.8) is 0 Å². The monoisotopic (exact) mass is 210 g/mol. The molecule has 2 rings (SSSR count). The van der Waals surface area contributed by atoms with Gasteiger partial charge < -0.3 is 0 Å². The van der Waals surface area contributed by atoms with E-state index in [4.69, 9.17) is 0 Å². The van der Waals surface area contributed by atoms with Gasteiger partial charge in [0.1, 0.15) is 0 Å². The lowest BCUT2D eigenvalue weighted by Crippen LogP contribution is -2.05. The topological polar surface area (TPSA) is 0 Å². The second-order valence-corrected chi connectivity index (χ2v) is 8.99. The van der Waals surface area contributed by atoms with E-state index in [9.17, 15) is 0 Å². The largest absolute Gasteiger partial charge is 0.243 e. The summed E-state index contributed by atoms with van der Waals surface area (Å²) in [5.41, 5.74) is 1.61. The van der Waals surface area contributed by atoms with E-state index in [2.05, 4.69) is 24.5 Å². The van der Waals surface area contributed by atoms with Gasteiger partial charge in [0, 0.05) is 0 Å². The molecule has 0 bridgehead atoms. The molecule has 0 nitrogen and oxygen atoms in total. The van der Waals surface area contributed by atoms with Gasteiger partial charge in [0.25, 0.3) is 0 Å². The van der Waals surface area contributed by atoms with Gasteiger partial charge in [0.05, 0.1) is 0 Å². The van der Waals surface area contributed by atoms with Crippen molar-refractivity contribution in [1.29, 1.82) is 0 Å². The van der Waals surface area contributed by atoms with Gasteiger partial charge in [0.15, 0.2) is 0 Å². The van der Waals surface area contributed by atoms with Crippen LogP contribution in [0.25, 0.3) is 0 Å². The standard InChI is InChI=1S/C13H22S/c1-14(10-5-6-11-14)12-9-13-7-3-2-4-8-13/h3,7-8H,2,4-6,9-12H2,1H3. The van der Waals surface area contributed by atoms with Crippen molar-refractivity contribution in [2.75, 3.05) is 23.5 Å². The lowest BCUT2D eigenvalue weighted by Gasteiger charge is -2.30. The number of hydrogen-bond donors (Lipinski definition) is 0. The Bertz CT molecular complexity index is 244. The second kappa shape index (κ2) is 4.57. The fourth-order valence-corrected chi connectivity index (χ4v) is 5.57. The zero-order valence-corrected chi connectivity index (χ0v) is 10.1. The maximum Gasteiger partial charge on any atom is -0.0190 e. The van der Waals surface area contributed by atoms with Crippen molar-refractivity contribution in [3.8, 4) is 0 Å². The fourth-order valence-electron chi connectivity index (χ4n) is 2.42. The Balaban J connectivity index is 1.81. The Morgan fingerprint density at radius 3 is 2.64 bits per heavy atom. The molecular formula is C13H22S. The Kier molecular flexibility index (Phi) is 3.38. The van der Waals surface area contributed by atoms with Gasteiger partial charge in [0.2, 0.25) is 0 Å². The third kappa shape index (κ3) is 2.66. The molecule has 0 amide bonds. The SMILES string of the molecule is CS1(CCC2=CCCC=C2)CCCC1. The molecule has 0 spiro atoms. The molecule has 1 heteroatoms. The number of allylic oxidation sites excluding steroid dienone is 4. The van der Waals surface area contributed by atoms with E-state index in [1.165, 1.54) is 37.9 Å². The first kappa shape index (κ1) is 10.4. The lowest BCUT2D eigenvalue weighted by molar-refractivity contribution is 0.949. The van der Waals surface area contributed by atoms with Crippen LogP contribution in [0, 0.1) is 0 Å². The van der Waals surface area contributed by atoms with E-state index in [0.29, 0.717) is 0 Å². The Morgan fingerprint density at radius 2 is 2.00 bits per heavy atom. The molecule has 1 fully saturated rings. The van der Waals surface area contributed by atoms with Crippen LogP contribution in [0.4, 0.5) is 0 Å². The van der Waals surface area contributed by atoms with Crippen LogP contribution < -0.4 is 0 Å². The van der Waals surface area contributed by atoms with Crippen molar-refractivity contribution in [1.82, 2.24) is 0 Å². The Hall–Kier alpha value is -0.170. The van der Waals surface area contributed by atoms with Gasteiger partial charge in [-0.05, 0) is 55.6 Å². The first-order chi connectivity index (χ1) is 6.79. The summed E-state index contributed by atoms with van der Waals surface area (Å²) in [5.74, 6) is 4.58. The summed E-state index contributed by atoms with van der Waals surface area (Å²) in [6.07, 6.45) is 16.6. The smallest absolute Gasteiger partial charge is 0.0190 e. The van der Waals surface area contributed by atoms with Gasteiger partial charge in [-0.15, -0.1) is 0 Å². The molecule has 1 aliphatic carbocycles. The predicted octanol–water partition coefficient (Wildman–Crippen LogP) is 3.88. The number of rotatable bonds is 3. The zero-order chi connectivity index (χ0) is 9.86. The molecule has 0 radical (unpaired) electrons. The van der Waals surface area contributed by atoms with Gasteiger partial charge in [-0.1, -0.05) is 23.8 Å².